The number of nitrogens with zero attached hydrogens (tertiary/aromatic N) is 2. The number of alkyl halides is 2. The number of carbonyl (C=O) groups is 3. The number of aliphatic hydroxyl groups is 1. The molecule has 3 N–H and O–H groups in total. The van der Waals surface area contributed by atoms with Gasteiger partial charge in [-0.3, -0.25) is 14.9 Å². The Kier molecular flexibility index (Phi) is 12.4. The zero-order valence-electron chi connectivity index (χ0n) is 23.3. The fourth-order valence-corrected chi connectivity index (χ4v) is 4.22. The number of benzene rings is 1. The van der Waals surface area contributed by atoms with Gasteiger partial charge >= 0.3 is 23.7 Å². The van der Waals surface area contributed by atoms with Crippen LogP contribution in [0.25, 0.3) is 0 Å². The van der Waals surface area contributed by atoms with Crippen LogP contribution in [0.5, 0.6) is 0 Å². The lowest BCUT2D eigenvalue weighted by molar-refractivity contribution is -0.150. The van der Waals surface area contributed by atoms with Crippen LogP contribution in [-0.4, -0.2) is 64.0 Å². The predicted octanol–water partition coefficient (Wildman–Crippen LogP) is 4.01. The molecule has 0 radical (unpaired) electrons. The first-order valence-corrected chi connectivity index (χ1v) is 13.9. The second-order valence-corrected chi connectivity index (χ2v) is 9.75. The molecule has 0 bridgehead atoms. The fourth-order valence-electron chi connectivity index (χ4n) is 4.22. The van der Waals surface area contributed by atoms with Gasteiger partial charge in [0.2, 0.25) is 12.1 Å². The number of amides is 2. The van der Waals surface area contributed by atoms with Gasteiger partial charge in [0.1, 0.15) is 18.5 Å². The highest BCUT2D eigenvalue weighted by atomic mass is 19.3. The lowest BCUT2D eigenvalue weighted by Crippen LogP contribution is -2.42. The summed E-state index contributed by atoms with van der Waals surface area (Å²) in [5.41, 5.74) is -0.511. The van der Waals surface area contributed by atoms with E-state index in [0.29, 0.717) is 29.5 Å². The number of para-hydroxylation sites is 1. The van der Waals surface area contributed by atoms with Crippen LogP contribution in [0.3, 0.4) is 0 Å². The minimum atomic E-state index is -4.00. The molecule has 0 saturated carbocycles. The third-order valence-corrected chi connectivity index (χ3v) is 6.46. The van der Waals surface area contributed by atoms with Gasteiger partial charge in [0.15, 0.2) is 6.10 Å². The highest BCUT2D eigenvalue weighted by molar-refractivity contribution is 5.90. The van der Waals surface area contributed by atoms with Crippen LogP contribution in [0.15, 0.2) is 47.4 Å². The van der Waals surface area contributed by atoms with E-state index in [1.807, 2.05) is 13.0 Å². The number of ether oxygens (including phenoxy) is 3. The normalized spacial score (nSPS) is 19.2. The van der Waals surface area contributed by atoms with Crippen molar-refractivity contribution < 1.29 is 42.5 Å². The maximum absolute atomic E-state index is 15.1. The van der Waals surface area contributed by atoms with Gasteiger partial charge < -0.3 is 24.6 Å². The molecule has 0 aliphatic carbocycles. The third-order valence-electron chi connectivity index (χ3n) is 6.46. The Morgan fingerprint density at radius 2 is 1.76 bits per heavy atom. The molecule has 1 aromatic heterocycles. The second kappa shape index (κ2) is 15.9. The Bertz CT molecular complexity index is 1240. The number of carbonyl (C=O) groups excluding carboxylic acids is 3. The number of aromatic nitrogens is 2. The summed E-state index contributed by atoms with van der Waals surface area (Å²) in [7, 11) is 0. The van der Waals surface area contributed by atoms with Crippen LogP contribution in [-0.2, 0) is 23.8 Å². The van der Waals surface area contributed by atoms with E-state index in [-0.39, 0.29) is 31.2 Å². The number of halogens is 2. The first-order chi connectivity index (χ1) is 20.1. The molecule has 1 fully saturated rings. The summed E-state index contributed by atoms with van der Waals surface area (Å²) in [4.78, 5) is 52.3. The first kappa shape index (κ1) is 32.6. The average Bonchev–Trinajstić information content (AvgIpc) is 3.18. The van der Waals surface area contributed by atoms with E-state index >= 15 is 8.78 Å². The molecule has 0 spiro atoms. The minimum absolute atomic E-state index is 0.0854. The average molecular weight is 595 g/mol. The number of unbranched alkanes of at least 4 members (excludes halogenated alkanes) is 4. The Morgan fingerprint density at radius 1 is 1.02 bits per heavy atom. The quantitative estimate of drug-likeness (QED) is 0.205. The predicted molar refractivity (Wildman–Crippen MR) is 147 cm³/mol. The maximum Gasteiger partial charge on any atom is 0.412 e. The molecule has 1 aliphatic heterocycles. The number of hydrogen-bond acceptors (Lipinski definition) is 9. The summed E-state index contributed by atoms with van der Waals surface area (Å²) in [5, 5.41) is 15.2. The van der Waals surface area contributed by atoms with Crippen molar-refractivity contribution in [1.82, 2.24) is 9.55 Å². The largest absolute Gasteiger partial charge is 0.463 e. The lowest BCUT2D eigenvalue weighted by Gasteiger charge is -2.23. The smallest absolute Gasteiger partial charge is 0.412 e. The van der Waals surface area contributed by atoms with Gasteiger partial charge in [-0.05, 0) is 37.5 Å². The van der Waals surface area contributed by atoms with Gasteiger partial charge in [0.25, 0.3) is 0 Å². The van der Waals surface area contributed by atoms with Crippen LogP contribution < -0.4 is 16.3 Å². The standard InChI is InChI=1S/C28H36F2N4O8/c1-2-3-4-10-17-40-27(39)33-21-15-16-31-26(38)34(21)25-28(29,30)24(37)20(42-25)18-41-23(36)14-9-8-13-22(35)32-19-11-6-5-7-12-19/h5-7,11-12,15-16,20,24-25,37H,2-4,8-10,13-14,17-18H2,1H3,(H,32,35)(H,33,39)/t20-,24-,25-/m1/s1. The Balaban J connectivity index is 1.50. The van der Waals surface area contributed by atoms with E-state index < -0.39 is 48.7 Å². The second-order valence-electron chi connectivity index (χ2n) is 9.75. The van der Waals surface area contributed by atoms with Gasteiger partial charge in [-0.15, -0.1) is 0 Å². The molecular weight excluding hydrogens is 558 g/mol. The summed E-state index contributed by atoms with van der Waals surface area (Å²) in [6.07, 6.45) is -2.19. The Morgan fingerprint density at radius 3 is 2.50 bits per heavy atom. The third kappa shape index (κ3) is 9.31. The molecule has 3 rings (SSSR count). The molecule has 1 aliphatic rings. The summed E-state index contributed by atoms with van der Waals surface area (Å²) in [6.45, 7) is 1.42. The molecule has 12 nitrogen and oxygen atoms in total. The zero-order valence-corrected chi connectivity index (χ0v) is 23.3. The number of anilines is 2. The van der Waals surface area contributed by atoms with Crippen molar-refractivity contribution in [2.45, 2.75) is 82.6 Å². The topological polar surface area (TPSA) is 158 Å². The van der Waals surface area contributed by atoms with Crippen molar-refractivity contribution in [3.63, 3.8) is 0 Å². The SMILES string of the molecule is CCCCCCOC(=O)Nc1ccnc(=O)n1[C@@H]1O[C@H](COC(=O)CCCCC(=O)Nc2ccccc2)[C@@H](O)C1(F)F. The van der Waals surface area contributed by atoms with Gasteiger partial charge in [-0.1, -0.05) is 44.4 Å². The molecule has 0 unspecified atom stereocenters. The monoisotopic (exact) mass is 594 g/mol. The molecule has 230 valence electrons. The summed E-state index contributed by atoms with van der Waals surface area (Å²) in [6, 6.07) is 9.99. The van der Waals surface area contributed by atoms with Crippen LogP contribution in [0.2, 0.25) is 0 Å². The zero-order chi connectivity index (χ0) is 30.5. The van der Waals surface area contributed by atoms with Crippen LogP contribution in [0.4, 0.5) is 25.1 Å². The number of rotatable bonds is 15. The summed E-state index contributed by atoms with van der Waals surface area (Å²) < 4.78 is 45.9. The van der Waals surface area contributed by atoms with Gasteiger partial charge in [-0.25, -0.2) is 19.1 Å². The van der Waals surface area contributed by atoms with E-state index in [4.69, 9.17) is 14.2 Å². The molecule has 2 aromatic rings. The highest BCUT2D eigenvalue weighted by Gasteiger charge is 2.60. The van der Waals surface area contributed by atoms with Crippen molar-refractivity contribution in [3.05, 3.63) is 53.1 Å². The Hall–Kier alpha value is -3.91. The van der Waals surface area contributed by atoms with Crippen molar-refractivity contribution >= 4 is 29.5 Å². The number of hydrogen-bond donors (Lipinski definition) is 3. The molecular formula is C28H36F2N4O8. The molecule has 1 aromatic carbocycles. The maximum atomic E-state index is 15.1. The number of aliphatic hydroxyl groups excluding tert-OH is 1. The number of esters is 1. The van der Waals surface area contributed by atoms with Crippen LogP contribution >= 0.6 is 0 Å². The molecule has 2 heterocycles. The molecule has 14 heteroatoms. The van der Waals surface area contributed by atoms with E-state index in [0.717, 1.165) is 31.5 Å². The Labute approximate surface area is 241 Å². The summed E-state index contributed by atoms with van der Waals surface area (Å²) in [5.74, 6) is -5.33. The lowest BCUT2D eigenvalue weighted by atomic mass is 10.1. The highest BCUT2D eigenvalue weighted by Crippen LogP contribution is 2.43. The van der Waals surface area contributed by atoms with Crippen molar-refractivity contribution in [1.29, 1.82) is 0 Å². The molecule has 2 amide bonds. The van der Waals surface area contributed by atoms with Gasteiger partial charge in [0, 0.05) is 24.7 Å². The van der Waals surface area contributed by atoms with Crippen molar-refractivity contribution in [3.8, 4) is 0 Å². The fraction of sp³-hybridized carbons (Fsp3) is 0.536. The molecule has 3 atom stereocenters. The first-order valence-electron chi connectivity index (χ1n) is 13.9. The van der Waals surface area contributed by atoms with Crippen LogP contribution in [0, 0.1) is 0 Å². The van der Waals surface area contributed by atoms with E-state index in [1.54, 1.807) is 24.3 Å². The molecule has 1 saturated heterocycles. The van der Waals surface area contributed by atoms with Crippen LogP contribution in [0.1, 0.15) is 64.5 Å². The number of nitrogens with one attached hydrogen (secondary N) is 2. The van der Waals surface area contributed by atoms with Gasteiger partial charge in [0.05, 0.1) is 6.61 Å². The van der Waals surface area contributed by atoms with Crippen molar-refractivity contribution in [2.24, 2.45) is 0 Å². The van der Waals surface area contributed by atoms with E-state index in [1.165, 1.54) is 0 Å². The van der Waals surface area contributed by atoms with Crippen molar-refractivity contribution in [2.75, 3.05) is 23.8 Å². The van der Waals surface area contributed by atoms with E-state index in [9.17, 15) is 24.3 Å². The summed E-state index contributed by atoms with van der Waals surface area (Å²) >= 11 is 0. The minimum Gasteiger partial charge on any atom is -0.463 e. The van der Waals surface area contributed by atoms with E-state index in [2.05, 4.69) is 15.6 Å². The van der Waals surface area contributed by atoms with Gasteiger partial charge in [-0.2, -0.15) is 8.78 Å². The molecule has 42 heavy (non-hydrogen) atoms.